The van der Waals surface area contributed by atoms with Crippen molar-refractivity contribution in [2.24, 2.45) is 0 Å². The van der Waals surface area contributed by atoms with Gasteiger partial charge in [0.2, 0.25) is 0 Å². The van der Waals surface area contributed by atoms with Crippen LogP contribution < -0.4 is 5.73 Å². The van der Waals surface area contributed by atoms with Gasteiger partial charge in [0, 0.05) is 12.1 Å². The third kappa shape index (κ3) is 1.38. The fourth-order valence-corrected chi connectivity index (χ4v) is 2.03. The molecule has 0 aromatic carbocycles. The molecule has 4 nitrogen and oxygen atoms in total. The van der Waals surface area contributed by atoms with E-state index in [0.717, 1.165) is 29.9 Å². The fraction of sp³-hybridized carbons (Fsp3) is 0.333. The highest BCUT2D eigenvalue weighted by Gasteiger charge is 2.29. The fourth-order valence-electron chi connectivity index (χ4n) is 2.03. The lowest BCUT2D eigenvalue weighted by Crippen LogP contribution is -2.09. The molecule has 1 aliphatic rings. The Balaban J connectivity index is 2.08. The van der Waals surface area contributed by atoms with Crippen molar-refractivity contribution >= 4 is 5.82 Å². The summed E-state index contributed by atoms with van der Waals surface area (Å²) in [6.45, 7) is 0. The van der Waals surface area contributed by atoms with Crippen molar-refractivity contribution in [2.75, 3.05) is 5.73 Å². The number of anilines is 1. The number of rotatable bonds is 2. The molecule has 3 rings (SSSR count). The first kappa shape index (κ1) is 9.39. The van der Waals surface area contributed by atoms with E-state index in [1.54, 1.807) is 6.20 Å². The Morgan fingerprint density at radius 1 is 1.31 bits per heavy atom. The zero-order chi connectivity index (χ0) is 11.0. The third-order valence-electron chi connectivity index (χ3n) is 3.14. The molecule has 0 unspecified atom stereocenters. The highest BCUT2D eigenvalue weighted by molar-refractivity contribution is 5.73. The molecular formula is C12H13N3O. The SMILES string of the molecule is Nc1noc(C2CCC2)c1-c1ccccn1. The van der Waals surface area contributed by atoms with Crippen molar-refractivity contribution in [1.29, 1.82) is 0 Å². The quantitative estimate of drug-likeness (QED) is 0.836. The largest absolute Gasteiger partial charge is 0.380 e. The number of nitrogens with two attached hydrogens (primary N) is 1. The molecule has 0 amide bonds. The summed E-state index contributed by atoms with van der Waals surface area (Å²) < 4.78 is 5.34. The lowest BCUT2D eigenvalue weighted by atomic mass is 9.81. The summed E-state index contributed by atoms with van der Waals surface area (Å²) in [6, 6.07) is 5.76. The minimum atomic E-state index is 0.445. The summed E-state index contributed by atoms with van der Waals surface area (Å²) in [7, 11) is 0. The highest BCUT2D eigenvalue weighted by atomic mass is 16.5. The summed E-state index contributed by atoms with van der Waals surface area (Å²) in [5, 5.41) is 3.86. The second-order valence-electron chi connectivity index (χ2n) is 4.15. The normalized spacial score (nSPS) is 16.0. The van der Waals surface area contributed by atoms with Crippen LogP contribution in [-0.4, -0.2) is 10.1 Å². The van der Waals surface area contributed by atoms with E-state index in [2.05, 4.69) is 10.1 Å². The highest BCUT2D eigenvalue weighted by Crippen LogP contribution is 2.42. The zero-order valence-electron chi connectivity index (χ0n) is 8.89. The minimum Gasteiger partial charge on any atom is -0.380 e. The van der Waals surface area contributed by atoms with Crippen LogP contribution >= 0.6 is 0 Å². The average Bonchev–Trinajstić information content (AvgIpc) is 2.59. The van der Waals surface area contributed by atoms with Crippen LogP contribution in [0, 0.1) is 0 Å². The average molecular weight is 215 g/mol. The Kier molecular flexibility index (Phi) is 2.13. The molecule has 2 aromatic heterocycles. The first-order valence-electron chi connectivity index (χ1n) is 5.52. The molecule has 0 aliphatic heterocycles. The van der Waals surface area contributed by atoms with E-state index in [9.17, 15) is 0 Å². The number of aromatic nitrogens is 2. The molecule has 82 valence electrons. The van der Waals surface area contributed by atoms with Gasteiger partial charge in [-0.2, -0.15) is 0 Å². The molecule has 0 spiro atoms. The number of nitrogen functional groups attached to an aromatic ring is 1. The van der Waals surface area contributed by atoms with Crippen molar-refractivity contribution in [1.82, 2.24) is 10.1 Å². The van der Waals surface area contributed by atoms with Gasteiger partial charge in [-0.15, -0.1) is 0 Å². The third-order valence-corrected chi connectivity index (χ3v) is 3.14. The molecule has 0 saturated heterocycles. The molecular weight excluding hydrogens is 202 g/mol. The van der Waals surface area contributed by atoms with Crippen LogP contribution in [0.3, 0.4) is 0 Å². The predicted octanol–water partition coefficient (Wildman–Crippen LogP) is 2.59. The molecule has 2 heterocycles. The molecule has 2 aromatic rings. The Bertz CT molecular complexity index is 488. The van der Waals surface area contributed by atoms with Gasteiger partial charge in [-0.3, -0.25) is 4.98 Å². The van der Waals surface area contributed by atoms with Crippen LogP contribution in [0.2, 0.25) is 0 Å². The summed E-state index contributed by atoms with van der Waals surface area (Å²) in [4.78, 5) is 4.30. The van der Waals surface area contributed by atoms with Gasteiger partial charge in [-0.1, -0.05) is 17.6 Å². The van der Waals surface area contributed by atoms with E-state index in [1.165, 1.54) is 6.42 Å². The maximum Gasteiger partial charge on any atom is 0.176 e. The Labute approximate surface area is 93.5 Å². The summed E-state index contributed by atoms with van der Waals surface area (Å²) in [6.07, 6.45) is 5.34. The lowest BCUT2D eigenvalue weighted by molar-refractivity contribution is 0.302. The maximum atomic E-state index is 5.85. The molecule has 16 heavy (non-hydrogen) atoms. The van der Waals surface area contributed by atoms with Crippen molar-refractivity contribution in [2.45, 2.75) is 25.2 Å². The number of hydrogen-bond donors (Lipinski definition) is 1. The summed E-state index contributed by atoms with van der Waals surface area (Å²) in [5.41, 5.74) is 7.58. The van der Waals surface area contributed by atoms with Crippen LogP contribution in [0.15, 0.2) is 28.9 Å². The Hall–Kier alpha value is -1.84. The standard InChI is InChI=1S/C12H13N3O/c13-12-10(9-6-1-2-7-14-9)11(16-15-12)8-4-3-5-8/h1-2,6-8H,3-5H2,(H2,13,15). The Morgan fingerprint density at radius 2 is 2.19 bits per heavy atom. The van der Waals surface area contributed by atoms with Gasteiger partial charge in [0.15, 0.2) is 11.6 Å². The number of nitrogens with zero attached hydrogens (tertiary/aromatic N) is 2. The van der Waals surface area contributed by atoms with Crippen LogP contribution in [0.1, 0.15) is 30.9 Å². The van der Waals surface area contributed by atoms with Gasteiger partial charge in [-0.05, 0) is 25.0 Å². The van der Waals surface area contributed by atoms with E-state index in [0.29, 0.717) is 11.7 Å². The van der Waals surface area contributed by atoms with E-state index >= 15 is 0 Å². The second kappa shape index (κ2) is 3.63. The number of hydrogen-bond acceptors (Lipinski definition) is 4. The smallest absolute Gasteiger partial charge is 0.176 e. The molecule has 1 fully saturated rings. The summed E-state index contributed by atoms with van der Waals surface area (Å²) >= 11 is 0. The first-order valence-corrected chi connectivity index (χ1v) is 5.52. The zero-order valence-corrected chi connectivity index (χ0v) is 8.89. The maximum absolute atomic E-state index is 5.85. The molecule has 0 atom stereocenters. The lowest BCUT2D eigenvalue weighted by Gasteiger charge is -2.23. The molecule has 2 N–H and O–H groups in total. The van der Waals surface area contributed by atoms with E-state index < -0.39 is 0 Å². The first-order chi connectivity index (χ1) is 7.86. The van der Waals surface area contributed by atoms with Crippen molar-refractivity contribution in [3.8, 4) is 11.3 Å². The van der Waals surface area contributed by atoms with Gasteiger partial charge in [0.1, 0.15) is 0 Å². The monoisotopic (exact) mass is 215 g/mol. The molecule has 1 aliphatic carbocycles. The van der Waals surface area contributed by atoms with Gasteiger partial charge in [0.25, 0.3) is 0 Å². The number of pyridine rings is 1. The van der Waals surface area contributed by atoms with Crippen LogP contribution in [-0.2, 0) is 0 Å². The van der Waals surface area contributed by atoms with Crippen LogP contribution in [0.25, 0.3) is 11.3 Å². The van der Waals surface area contributed by atoms with Crippen molar-refractivity contribution < 1.29 is 4.52 Å². The Morgan fingerprint density at radius 3 is 2.81 bits per heavy atom. The van der Waals surface area contributed by atoms with Crippen LogP contribution in [0.4, 0.5) is 5.82 Å². The summed E-state index contributed by atoms with van der Waals surface area (Å²) in [5.74, 6) is 1.82. The van der Waals surface area contributed by atoms with Gasteiger partial charge >= 0.3 is 0 Å². The van der Waals surface area contributed by atoms with Crippen molar-refractivity contribution in [3.63, 3.8) is 0 Å². The van der Waals surface area contributed by atoms with Crippen LogP contribution in [0.5, 0.6) is 0 Å². The topological polar surface area (TPSA) is 64.9 Å². The van der Waals surface area contributed by atoms with E-state index in [1.807, 2.05) is 18.2 Å². The predicted molar refractivity (Wildman–Crippen MR) is 60.7 cm³/mol. The van der Waals surface area contributed by atoms with Gasteiger partial charge in [-0.25, -0.2) is 0 Å². The molecule has 0 bridgehead atoms. The minimum absolute atomic E-state index is 0.445. The van der Waals surface area contributed by atoms with Gasteiger partial charge < -0.3 is 10.3 Å². The van der Waals surface area contributed by atoms with E-state index in [4.69, 9.17) is 10.3 Å². The second-order valence-corrected chi connectivity index (χ2v) is 4.15. The molecule has 0 radical (unpaired) electrons. The molecule has 4 heteroatoms. The molecule has 1 saturated carbocycles. The van der Waals surface area contributed by atoms with Crippen molar-refractivity contribution in [3.05, 3.63) is 30.2 Å². The van der Waals surface area contributed by atoms with E-state index in [-0.39, 0.29) is 0 Å². The van der Waals surface area contributed by atoms with Gasteiger partial charge in [0.05, 0.1) is 11.3 Å².